The molecule has 0 spiro atoms. The Bertz CT molecular complexity index is 317. The molecule has 6 heteroatoms. The number of ether oxygens (including phenoxy) is 2. The van der Waals surface area contributed by atoms with Crippen LogP contribution in [0.15, 0.2) is 6.07 Å². The summed E-state index contributed by atoms with van der Waals surface area (Å²) in [6.07, 6.45) is 0. The monoisotopic (exact) mass is 212 g/mol. The third kappa shape index (κ3) is 3.59. The van der Waals surface area contributed by atoms with Gasteiger partial charge in [0.25, 0.3) is 0 Å². The molecule has 0 fully saturated rings. The number of nitrogens with two attached hydrogens (primary N) is 1. The van der Waals surface area contributed by atoms with Crippen LogP contribution in [0.25, 0.3) is 0 Å². The molecular formula is C9H16N4O2. The summed E-state index contributed by atoms with van der Waals surface area (Å²) in [5.41, 5.74) is 5.61. The third-order valence-electron chi connectivity index (χ3n) is 1.65. The van der Waals surface area contributed by atoms with Crippen LogP contribution in [0.2, 0.25) is 0 Å². The molecule has 1 aromatic rings. The largest absolute Gasteiger partial charge is 0.475 e. The number of rotatable bonds is 5. The lowest BCUT2D eigenvalue weighted by Crippen LogP contribution is -2.15. The van der Waals surface area contributed by atoms with Crippen molar-refractivity contribution in [1.29, 1.82) is 0 Å². The highest BCUT2D eigenvalue weighted by molar-refractivity contribution is 5.41. The van der Waals surface area contributed by atoms with Gasteiger partial charge in [-0.1, -0.05) is 0 Å². The smallest absolute Gasteiger partial charge is 0.230 e. The SMILES string of the molecule is COCCOc1cc(N)nc(N(C)C)n1. The van der Waals surface area contributed by atoms with E-state index in [0.717, 1.165) is 0 Å². The molecule has 0 bridgehead atoms. The van der Waals surface area contributed by atoms with Crippen molar-refractivity contribution in [3.8, 4) is 5.88 Å². The molecule has 1 heterocycles. The lowest BCUT2D eigenvalue weighted by atomic mass is 10.5. The van der Waals surface area contributed by atoms with E-state index in [9.17, 15) is 0 Å². The molecular weight excluding hydrogens is 196 g/mol. The summed E-state index contributed by atoms with van der Waals surface area (Å²) in [6, 6.07) is 1.59. The molecule has 15 heavy (non-hydrogen) atoms. The molecule has 1 rings (SSSR count). The number of anilines is 2. The second kappa shape index (κ2) is 5.35. The van der Waals surface area contributed by atoms with Crippen molar-refractivity contribution in [2.24, 2.45) is 0 Å². The van der Waals surface area contributed by atoms with Crippen LogP contribution in [0.4, 0.5) is 11.8 Å². The van der Waals surface area contributed by atoms with Gasteiger partial charge in [0.05, 0.1) is 6.61 Å². The number of nitrogens with zero attached hydrogens (tertiary/aromatic N) is 3. The average Bonchev–Trinajstić information content (AvgIpc) is 2.17. The zero-order chi connectivity index (χ0) is 11.3. The van der Waals surface area contributed by atoms with Gasteiger partial charge in [0.2, 0.25) is 11.8 Å². The van der Waals surface area contributed by atoms with Crippen molar-refractivity contribution in [2.75, 3.05) is 45.1 Å². The van der Waals surface area contributed by atoms with E-state index in [0.29, 0.717) is 30.9 Å². The molecule has 0 aliphatic carbocycles. The van der Waals surface area contributed by atoms with E-state index in [4.69, 9.17) is 15.2 Å². The topological polar surface area (TPSA) is 73.5 Å². The first-order valence-electron chi connectivity index (χ1n) is 4.57. The van der Waals surface area contributed by atoms with Crippen LogP contribution in [-0.4, -0.2) is 44.4 Å². The second-order valence-electron chi connectivity index (χ2n) is 3.17. The number of methoxy groups -OCH3 is 1. The van der Waals surface area contributed by atoms with E-state index in [1.54, 1.807) is 18.1 Å². The molecule has 2 N–H and O–H groups in total. The summed E-state index contributed by atoms with van der Waals surface area (Å²) in [5, 5.41) is 0. The summed E-state index contributed by atoms with van der Waals surface area (Å²) in [5.74, 6) is 1.38. The fourth-order valence-corrected chi connectivity index (χ4v) is 0.934. The van der Waals surface area contributed by atoms with Crippen LogP contribution < -0.4 is 15.4 Å². The lowest BCUT2D eigenvalue weighted by Gasteiger charge is -2.12. The van der Waals surface area contributed by atoms with Gasteiger partial charge in [-0.25, -0.2) is 0 Å². The Hall–Kier alpha value is -1.56. The van der Waals surface area contributed by atoms with Gasteiger partial charge < -0.3 is 20.1 Å². The van der Waals surface area contributed by atoms with Gasteiger partial charge in [0.1, 0.15) is 12.4 Å². The van der Waals surface area contributed by atoms with E-state index < -0.39 is 0 Å². The van der Waals surface area contributed by atoms with E-state index in [2.05, 4.69) is 9.97 Å². The lowest BCUT2D eigenvalue weighted by molar-refractivity contribution is 0.144. The van der Waals surface area contributed by atoms with E-state index in [1.165, 1.54) is 0 Å². The highest BCUT2D eigenvalue weighted by Crippen LogP contribution is 2.15. The van der Waals surface area contributed by atoms with Gasteiger partial charge in [-0.2, -0.15) is 9.97 Å². The maximum atomic E-state index is 5.61. The minimum Gasteiger partial charge on any atom is -0.475 e. The average molecular weight is 212 g/mol. The maximum Gasteiger partial charge on any atom is 0.230 e. The standard InChI is InChI=1S/C9H16N4O2/c1-13(2)9-11-7(10)6-8(12-9)15-5-4-14-3/h6H,4-5H2,1-3H3,(H2,10,11,12). The van der Waals surface area contributed by atoms with Crippen molar-refractivity contribution in [2.45, 2.75) is 0 Å². The molecule has 84 valence electrons. The molecule has 0 aliphatic rings. The predicted octanol–water partition coefficient (Wildman–Crippen LogP) is 0.150. The summed E-state index contributed by atoms with van der Waals surface area (Å²) in [6.45, 7) is 0.959. The van der Waals surface area contributed by atoms with Crippen molar-refractivity contribution >= 4 is 11.8 Å². The minimum atomic E-state index is 0.390. The highest BCUT2D eigenvalue weighted by Gasteiger charge is 2.04. The van der Waals surface area contributed by atoms with Crippen molar-refractivity contribution in [3.05, 3.63) is 6.07 Å². The van der Waals surface area contributed by atoms with Gasteiger partial charge in [-0.15, -0.1) is 0 Å². The molecule has 0 aromatic carbocycles. The van der Waals surface area contributed by atoms with Crippen molar-refractivity contribution < 1.29 is 9.47 Å². The highest BCUT2D eigenvalue weighted by atomic mass is 16.5. The minimum absolute atomic E-state index is 0.390. The summed E-state index contributed by atoms with van der Waals surface area (Å²) < 4.78 is 10.2. The van der Waals surface area contributed by atoms with Crippen molar-refractivity contribution in [3.63, 3.8) is 0 Å². The van der Waals surface area contributed by atoms with Crippen LogP contribution in [0.1, 0.15) is 0 Å². The first-order chi connectivity index (χ1) is 7.13. The van der Waals surface area contributed by atoms with Crippen LogP contribution >= 0.6 is 0 Å². The normalized spacial score (nSPS) is 10.1. The molecule has 0 saturated heterocycles. The molecule has 0 atom stereocenters. The fraction of sp³-hybridized carbons (Fsp3) is 0.556. The summed E-state index contributed by atoms with van der Waals surface area (Å²) in [4.78, 5) is 9.97. The Labute approximate surface area is 89.0 Å². The zero-order valence-electron chi connectivity index (χ0n) is 9.23. The Morgan fingerprint density at radius 2 is 2.07 bits per heavy atom. The molecule has 6 nitrogen and oxygen atoms in total. The van der Waals surface area contributed by atoms with Gasteiger partial charge in [-0.3, -0.25) is 0 Å². The van der Waals surface area contributed by atoms with Gasteiger partial charge in [0.15, 0.2) is 0 Å². The number of aromatic nitrogens is 2. The molecule has 0 unspecified atom stereocenters. The zero-order valence-corrected chi connectivity index (χ0v) is 9.23. The molecule has 0 amide bonds. The summed E-state index contributed by atoms with van der Waals surface area (Å²) >= 11 is 0. The van der Waals surface area contributed by atoms with Crippen LogP contribution in [0.5, 0.6) is 5.88 Å². The fourth-order valence-electron chi connectivity index (χ4n) is 0.934. The Balaban J connectivity index is 2.71. The third-order valence-corrected chi connectivity index (χ3v) is 1.65. The Kier molecular flexibility index (Phi) is 4.11. The Morgan fingerprint density at radius 1 is 1.33 bits per heavy atom. The quantitative estimate of drug-likeness (QED) is 0.700. The summed E-state index contributed by atoms with van der Waals surface area (Å²) in [7, 11) is 5.30. The van der Waals surface area contributed by atoms with Gasteiger partial charge >= 0.3 is 0 Å². The van der Waals surface area contributed by atoms with Gasteiger partial charge in [-0.05, 0) is 0 Å². The number of hydrogen-bond acceptors (Lipinski definition) is 6. The Morgan fingerprint density at radius 3 is 2.67 bits per heavy atom. The molecule has 1 aromatic heterocycles. The van der Waals surface area contributed by atoms with E-state index in [-0.39, 0.29) is 0 Å². The number of hydrogen-bond donors (Lipinski definition) is 1. The second-order valence-corrected chi connectivity index (χ2v) is 3.17. The predicted molar refractivity (Wildman–Crippen MR) is 58.1 cm³/mol. The van der Waals surface area contributed by atoms with Crippen LogP contribution in [0.3, 0.4) is 0 Å². The molecule has 0 radical (unpaired) electrons. The van der Waals surface area contributed by atoms with E-state index in [1.807, 2.05) is 14.1 Å². The molecule has 0 saturated carbocycles. The van der Waals surface area contributed by atoms with Crippen LogP contribution in [-0.2, 0) is 4.74 Å². The first-order valence-corrected chi connectivity index (χ1v) is 4.57. The van der Waals surface area contributed by atoms with Crippen molar-refractivity contribution in [1.82, 2.24) is 9.97 Å². The maximum absolute atomic E-state index is 5.61. The van der Waals surface area contributed by atoms with Gasteiger partial charge in [0, 0.05) is 27.3 Å². The number of nitrogen functional groups attached to an aromatic ring is 1. The first kappa shape index (κ1) is 11.5. The molecule has 0 aliphatic heterocycles. The van der Waals surface area contributed by atoms with Crippen LogP contribution in [0, 0.1) is 0 Å². The van der Waals surface area contributed by atoms with E-state index >= 15 is 0 Å².